The molecule has 2 aromatic rings. The van der Waals surface area contributed by atoms with Gasteiger partial charge in [0.05, 0.1) is 6.61 Å². The fourth-order valence-corrected chi connectivity index (χ4v) is 2.20. The van der Waals surface area contributed by atoms with Crippen molar-refractivity contribution in [2.24, 2.45) is 0 Å². The molecule has 0 spiro atoms. The Kier molecular flexibility index (Phi) is 9.01. The first-order valence-electron chi connectivity index (χ1n) is 8.09. The van der Waals surface area contributed by atoms with Crippen LogP contribution in [0.1, 0.15) is 22.8 Å². The second kappa shape index (κ2) is 11.0. The average Bonchev–Trinajstić information content (AvgIpc) is 2.61. The molecule has 0 aliphatic rings. The lowest BCUT2D eigenvalue weighted by Crippen LogP contribution is -2.25. The number of rotatable bonds is 8. The first-order chi connectivity index (χ1) is 12.1. The van der Waals surface area contributed by atoms with Gasteiger partial charge in [0.2, 0.25) is 0 Å². The Bertz CT molecular complexity index is 720. The van der Waals surface area contributed by atoms with Crippen LogP contribution in [0.4, 0.5) is 5.69 Å². The summed E-state index contributed by atoms with van der Waals surface area (Å²) in [5, 5.41) is 2.86. The molecule has 0 aliphatic carbocycles. The van der Waals surface area contributed by atoms with Crippen molar-refractivity contribution in [1.82, 2.24) is 5.32 Å². The van der Waals surface area contributed by atoms with Gasteiger partial charge in [-0.05, 0) is 49.2 Å². The Morgan fingerprint density at radius 1 is 1.12 bits per heavy atom. The lowest BCUT2D eigenvalue weighted by atomic mass is 10.1. The smallest absolute Gasteiger partial charge is 0.344 e. The van der Waals surface area contributed by atoms with E-state index in [4.69, 9.17) is 15.2 Å². The van der Waals surface area contributed by atoms with E-state index in [2.05, 4.69) is 5.32 Å². The molecule has 0 radical (unpaired) electrons. The number of nitrogen functional groups attached to an aromatic ring is 1. The summed E-state index contributed by atoms with van der Waals surface area (Å²) in [6.45, 7) is 2.49. The maximum atomic E-state index is 12.0. The van der Waals surface area contributed by atoms with E-state index in [9.17, 15) is 9.59 Å². The van der Waals surface area contributed by atoms with Crippen molar-refractivity contribution >= 4 is 30.0 Å². The number of amides is 1. The summed E-state index contributed by atoms with van der Waals surface area (Å²) in [6, 6.07) is 14.2. The average molecular weight is 379 g/mol. The van der Waals surface area contributed by atoms with Crippen molar-refractivity contribution in [2.75, 3.05) is 25.5 Å². The van der Waals surface area contributed by atoms with E-state index in [0.29, 0.717) is 36.6 Å². The van der Waals surface area contributed by atoms with Crippen LogP contribution < -0.4 is 15.8 Å². The lowest BCUT2D eigenvalue weighted by molar-refractivity contribution is -0.145. The number of carbonyl (C=O) groups is 2. The van der Waals surface area contributed by atoms with Gasteiger partial charge < -0.3 is 20.5 Å². The summed E-state index contributed by atoms with van der Waals surface area (Å²) in [5.74, 6) is 0.0538. The summed E-state index contributed by atoms with van der Waals surface area (Å²) in [4.78, 5) is 23.2. The third-order valence-corrected chi connectivity index (χ3v) is 3.43. The third kappa shape index (κ3) is 7.03. The van der Waals surface area contributed by atoms with Crippen LogP contribution in [-0.2, 0) is 16.0 Å². The number of esters is 1. The zero-order valence-corrected chi connectivity index (χ0v) is 15.4. The van der Waals surface area contributed by atoms with E-state index in [1.807, 2.05) is 12.1 Å². The fourth-order valence-electron chi connectivity index (χ4n) is 2.20. The molecular formula is C19H23ClN2O4. The number of hydrogen-bond acceptors (Lipinski definition) is 5. The number of ether oxygens (including phenoxy) is 2. The SMILES string of the molecule is CCOC(=O)COc1ccc(CCNC(=O)c2cccc(N)c2)cc1.Cl. The minimum atomic E-state index is -0.393. The molecule has 0 saturated carbocycles. The van der Waals surface area contributed by atoms with E-state index in [1.165, 1.54) is 0 Å². The molecule has 3 N–H and O–H groups in total. The van der Waals surface area contributed by atoms with E-state index in [1.54, 1.807) is 43.3 Å². The van der Waals surface area contributed by atoms with Gasteiger partial charge >= 0.3 is 5.97 Å². The largest absolute Gasteiger partial charge is 0.482 e. The zero-order chi connectivity index (χ0) is 18.1. The monoisotopic (exact) mass is 378 g/mol. The molecule has 0 saturated heterocycles. The summed E-state index contributed by atoms with van der Waals surface area (Å²) < 4.78 is 10.1. The molecule has 0 aliphatic heterocycles. The molecular weight excluding hydrogens is 356 g/mol. The van der Waals surface area contributed by atoms with E-state index < -0.39 is 5.97 Å². The maximum absolute atomic E-state index is 12.0. The molecule has 140 valence electrons. The molecule has 0 unspecified atom stereocenters. The number of halogens is 1. The zero-order valence-electron chi connectivity index (χ0n) is 14.6. The second-order valence-corrected chi connectivity index (χ2v) is 5.37. The molecule has 0 aromatic heterocycles. The number of nitrogens with one attached hydrogen (secondary N) is 1. The van der Waals surface area contributed by atoms with Gasteiger partial charge in [0.25, 0.3) is 5.91 Å². The first kappa shape index (κ1) is 21.3. The van der Waals surface area contributed by atoms with Gasteiger partial charge in [0.15, 0.2) is 6.61 Å². The second-order valence-electron chi connectivity index (χ2n) is 5.37. The van der Waals surface area contributed by atoms with Crippen molar-refractivity contribution in [3.63, 3.8) is 0 Å². The maximum Gasteiger partial charge on any atom is 0.344 e. The molecule has 2 aromatic carbocycles. The van der Waals surface area contributed by atoms with Crippen LogP contribution >= 0.6 is 12.4 Å². The molecule has 0 heterocycles. The molecule has 0 fully saturated rings. The van der Waals surface area contributed by atoms with Crippen LogP contribution in [0.25, 0.3) is 0 Å². The standard InChI is InChI=1S/C19H22N2O4.ClH/c1-2-24-18(22)13-25-17-8-6-14(7-9-17)10-11-21-19(23)15-4-3-5-16(20)12-15;/h3-9,12H,2,10-11,13,20H2,1H3,(H,21,23);1H. The Morgan fingerprint density at radius 2 is 1.85 bits per heavy atom. The van der Waals surface area contributed by atoms with Gasteiger partial charge in [0, 0.05) is 17.8 Å². The number of benzene rings is 2. The number of hydrogen-bond donors (Lipinski definition) is 2. The van der Waals surface area contributed by atoms with E-state index >= 15 is 0 Å². The normalized spacial score (nSPS) is 9.73. The van der Waals surface area contributed by atoms with Gasteiger partial charge in [-0.2, -0.15) is 0 Å². The topological polar surface area (TPSA) is 90.6 Å². The Balaban J connectivity index is 0.00000338. The number of carbonyl (C=O) groups excluding carboxylic acids is 2. The highest BCUT2D eigenvalue weighted by atomic mass is 35.5. The van der Waals surface area contributed by atoms with Crippen molar-refractivity contribution in [1.29, 1.82) is 0 Å². The van der Waals surface area contributed by atoms with Crippen molar-refractivity contribution in [3.05, 3.63) is 59.7 Å². The van der Waals surface area contributed by atoms with Gasteiger partial charge in [0.1, 0.15) is 5.75 Å². The summed E-state index contributed by atoms with van der Waals surface area (Å²) >= 11 is 0. The Morgan fingerprint density at radius 3 is 2.50 bits per heavy atom. The molecule has 1 amide bonds. The van der Waals surface area contributed by atoms with Gasteiger partial charge in [-0.1, -0.05) is 18.2 Å². The summed E-state index contributed by atoms with van der Waals surface area (Å²) in [5.41, 5.74) is 7.83. The molecule has 0 bridgehead atoms. The van der Waals surface area contributed by atoms with Crippen LogP contribution in [0.15, 0.2) is 48.5 Å². The van der Waals surface area contributed by atoms with Crippen LogP contribution in [0, 0.1) is 0 Å². The Hall–Kier alpha value is -2.73. The van der Waals surface area contributed by atoms with Gasteiger partial charge in [-0.15, -0.1) is 12.4 Å². The predicted octanol–water partition coefficient (Wildman–Crippen LogP) is 2.60. The van der Waals surface area contributed by atoms with Crippen LogP contribution in [0.3, 0.4) is 0 Å². The first-order valence-corrected chi connectivity index (χ1v) is 8.09. The highest BCUT2D eigenvalue weighted by Crippen LogP contribution is 2.12. The number of nitrogens with two attached hydrogens (primary N) is 1. The van der Waals surface area contributed by atoms with Gasteiger partial charge in [-0.25, -0.2) is 4.79 Å². The third-order valence-electron chi connectivity index (χ3n) is 3.43. The highest BCUT2D eigenvalue weighted by Gasteiger charge is 2.06. The summed E-state index contributed by atoms with van der Waals surface area (Å²) in [6.07, 6.45) is 0.687. The number of anilines is 1. The van der Waals surface area contributed by atoms with Crippen LogP contribution in [0.2, 0.25) is 0 Å². The molecule has 6 nitrogen and oxygen atoms in total. The quantitative estimate of drug-likeness (QED) is 0.544. The molecule has 2 rings (SSSR count). The lowest BCUT2D eigenvalue weighted by Gasteiger charge is -2.08. The van der Waals surface area contributed by atoms with Crippen molar-refractivity contribution in [2.45, 2.75) is 13.3 Å². The highest BCUT2D eigenvalue weighted by molar-refractivity contribution is 5.94. The predicted molar refractivity (Wildman–Crippen MR) is 103 cm³/mol. The van der Waals surface area contributed by atoms with Crippen LogP contribution in [-0.4, -0.2) is 31.6 Å². The van der Waals surface area contributed by atoms with Crippen LogP contribution in [0.5, 0.6) is 5.75 Å². The fraction of sp³-hybridized carbons (Fsp3) is 0.263. The van der Waals surface area contributed by atoms with Crippen molar-refractivity contribution < 1.29 is 19.1 Å². The Labute approximate surface area is 159 Å². The minimum absolute atomic E-state index is 0. The van der Waals surface area contributed by atoms with Crippen molar-refractivity contribution in [3.8, 4) is 5.75 Å². The van der Waals surface area contributed by atoms with E-state index in [0.717, 1.165) is 5.56 Å². The van der Waals surface area contributed by atoms with E-state index in [-0.39, 0.29) is 24.9 Å². The minimum Gasteiger partial charge on any atom is -0.482 e. The molecule has 0 atom stereocenters. The molecule has 7 heteroatoms. The van der Waals surface area contributed by atoms with Gasteiger partial charge in [-0.3, -0.25) is 4.79 Å². The summed E-state index contributed by atoms with van der Waals surface area (Å²) in [7, 11) is 0. The molecule has 26 heavy (non-hydrogen) atoms.